The molecule has 1 aromatic heterocycles. The highest BCUT2D eigenvalue weighted by Gasteiger charge is 2.21. The van der Waals surface area contributed by atoms with E-state index in [9.17, 15) is 9.59 Å². The zero-order chi connectivity index (χ0) is 20.4. The molecule has 1 saturated heterocycles. The predicted molar refractivity (Wildman–Crippen MR) is 116 cm³/mol. The van der Waals surface area contributed by atoms with E-state index in [4.69, 9.17) is 4.98 Å². The van der Waals surface area contributed by atoms with Crippen molar-refractivity contribution < 1.29 is 4.79 Å². The van der Waals surface area contributed by atoms with E-state index >= 15 is 0 Å². The van der Waals surface area contributed by atoms with Crippen molar-refractivity contribution in [1.29, 1.82) is 0 Å². The van der Waals surface area contributed by atoms with Crippen LogP contribution in [0, 0.1) is 6.92 Å². The molecule has 6 nitrogen and oxygen atoms in total. The molecule has 6 heteroatoms. The zero-order valence-corrected chi connectivity index (χ0v) is 16.9. The quantitative estimate of drug-likeness (QED) is 0.725. The fraction of sp³-hybridized carbons (Fsp3) is 0.348. The average molecular weight is 390 g/mol. The monoisotopic (exact) mass is 390 g/mol. The van der Waals surface area contributed by atoms with E-state index in [0.29, 0.717) is 29.0 Å². The Morgan fingerprint density at radius 3 is 2.66 bits per heavy atom. The van der Waals surface area contributed by atoms with Gasteiger partial charge in [-0.2, -0.15) is 0 Å². The molecule has 29 heavy (non-hydrogen) atoms. The molecule has 1 aliphatic rings. The van der Waals surface area contributed by atoms with Crippen LogP contribution >= 0.6 is 0 Å². The molecular weight excluding hydrogens is 364 g/mol. The van der Waals surface area contributed by atoms with Gasteiger partial charge >= 0.3 is 0 Å². The number of hydrogen-bond acceptors (Lipinski definition) is 4. The number of anilines is 1. The maximum absolute atomic E-state index is 13.5. The first-order valence-corrected chi connectivity index (χ1v) is 10.3. The molecule has 0 atom stereocenters. The average Bonchev–Trinajstić information content (AvgIpc) is 3.26. The molecule has 0 aliphatic carbocycles. The molecule has 0 spiro atoms. The van der Waals surface area contributed by atoms with Crippen LogP contribution in [0.3, 0.4) is 0 Å². The van der Waals surface area contributed by atoms with Gasteiger partial charge in [-0.1, -0.05) is 19.1 Å². The molecule has 0 unspecified atom stereocenters. The Morgan fingerprint density at radius 2 is 1.93 bits per heavy atom. The van der Waals surface area contributed by atoms with Crippen LogP contribution in [0.15, 0.2) is 47.3 Å². The van der Waals surface area contributed by atoms with E-state index in [1.807, 2.05) is 38.1 Å². The molecule has 3 aromatic rings. The van der Waals surface area contributed by atoms with Crippen molar-refractivity contribution in [3.63, 3.8) is 0 Å². The number of carbonyl (C=O) groups is 1. The topological polar surface area (TPSA) is 67.2 Å². The second kappa shape index (κ2) is 8.07. The van der Waals surface area contributed by atoms with Gasteiger partial charge in [0, 0.05) is 25.2 Å². The number of nitrogens with zero attached hydrogens (tertiary/aromatic N) is 3. The Bertz CT molecular complexity index is 1110. The minimum Gasteiger partial charge on any atom is -0.352 e. The van der Waals surface area contributed by atoms with Crippen LogP contribution in [0.2, 0.25) is 0 Å². The summed E-state index contributed by atoms with van der Waals surface area (Å²) in [5.74, 6) is 0.512. The van der Waals surface area contributed by atoms with Gasteiger partial charge in [0.1, 0.15) is 0 Å². The highest BCUT2D eigenvalue weighted by Crippen LogP contribution is 2.24. The first-order chi connectivity index (χ1) is 14.1. The molecular formula is C23H26N4O2. The minimum absolute atomic E-state index is 0.108. The number of aryl methyl sites for hydroxylation is 1. The van der Waals surface area contributed by atoms with Gasteiger partial charge < -0.3 is 10.2 Å². The van der Waals surface area contributed by atoms with Gasteiger partial charge in [-0.15, -0.1) is 0 Å². The lowest BCUT2D eigenvalue weighted by Crippen LogP contribution is -2.30. The Hall–Kier alpha value is -3.15. The third-order valence-electron chi connectivity index (χ3n) is 5.30. The normalized spacial score (nSPS) is 13.8. The van der Waals surface area contributed by atoms with Crippen molar-refractivity contribution in [2.45, 2.75) is 33.1 Å². The smallest absolute Gasteiger partial charge is 0.267 e. The van der Waals surface area contributed by atoms with E-state index in [1.54, 1.807) is 22.8 Å². The molecule has 0 bridgehead atoms. The van der Waals surface area contributed by atoms with Gasteiger partial charge in [0.2, 0.25) is 5.95 Å². The third kappa shape index (κ3) is 3.75. The van der Waals surface area contributed by atoms with E-state index in [-0.39, 0.29) is 11.5 Å². The standard InChI is InChI=1S/C23H26N4O2/c1-3-11-24-21(28)17-9-10-19-20(15-17)25-23(26-12-4-5-13-26)27(22(19)29)18-8-6-7-16(2)14-18/h6-10,14-15H,3-5,11-13H2,1-2H3,(H,24,28). The third-order valence-corrected chi connectivity index (χ3v) is 5.30. The molecule has 0 saturated carbocycles. The number of fused-ring (bicyclic) bond motifs is 1. The van der Waals surface area contributed by atoms with Crippen LogP contribution in [0.5, 0.6) is 0 Å². The fourth-order valence-corrected chi connectivity index (χ4v) is 3.78. The largest absolute Gasteiger partial charge is 0.352 e. The summed E-state index contributed by atoms with van der Waals surface area (Å²) < 4.78 is 1.71. The second-order valence-corrected chi connectivity index (χ2v) is 7.57. The molecule has 150 valence electrons. The molecule has 1 aliphatic heterocycles. The van der Waals surface area contributed by atoms with E-state index in [2.05, 4.69) is 10.2 Å². The van der Waals surface area contributed by atoms with Crippen LogP contribution < -0.4 is 15.8 Å². The maximum Gasteiger partial charge on any atom is 0.267 e. The zero-order valence-electron chi connectivity index (χ0n) is 16.9. The van der Waals surface area contributed by atoms with E-state index in [1.165, 1.54) is 0 Å². The highest BCUT2D eigenvalue weighted by atomic mass is 16.1. The summed E-state index contributed by atoms with van der Waals surface area (Å²) in [5, 5.41) is 3.40. The first kappa shape index (κ1) is 19.2. The number of benzene rings is 2. The molecule has 1 amide bonds. The molecule has 4 rings (SSSR count). The number of carbonyl (C=O) groups excluding carboxylic acids is 1. The van der Waals surface area contributed by atoms with Gasteiger partial charge in [0.25, 0.3) is 11.5 Å². The summed E-state index contributed by atoms with van der Waals surface area (Å²) >= 11 is 0. The summed E-state index contributed by atoms with van der Waals surface area (Å²) in [6.45, 7) is 6.40. The lowest BCUT2D eigenvalue weighted by atomic mass is 10.1. The number of nitrogens with one attached hydrogen (secondary N) is 1. The second-order valence-electron chi connectivity index (χ2n) is 7.57. The van der Waals surface area contributed by atoms with Gasteiger partial charge in [-0.05, 0) is 62.1 Å². The van der Waals surface area contributed by atoms with Gasteiger partial charge in [-0.3, -0.25) is 9.59 Å². The number of amides is 1. The molecule has 2 heterocycles. The Kier molecular flexibility index (Phi) is 5.34. The van der Waals surface area contributed by atoms with Crippen LogP contribution in [0.25, 0.3) is 16.6 Å². The van der Waals surface area contributed by atoms with Crippen LogP contribution in [0.1, 0.15) is 42.1 Å². The lowest BCUT2D eigenvalue weighted by molar-refractivity contribution is 0.0954. The van der Waals surface area contributed by atoms with E-state index in [0.717, 1.165) is 43.6 Å². The van der Waals surface area contributed by atoms with Crippen molar-refractivity contribution in [2.24, 2.45) is 0 Å². The number of rotatable bonds is 5. The Morgan fingerprint density at radius 1 is 1.14 bits per heavy atom. The van der Waals surface area contributed by atoms with Gasteiger partial charge in [-0.25, -0.2) is 9.55 Å². The van der Waals surface area contributed by atoms with Gasteiger partial charge in [0.05, 0.1) is 16.6 Å². The van der Waals surface area contributed by atoms with Crippen LogP contribution in [0.4, 0.5) is 5.95 Å². The maximum atomic E-state index is 13.5. The van der Waals surface area contributed by atoms with Crippen LogP contribution in [-0.2, 0) is 0 Å². The fourth-order valence-electron chi connectivity index (χ4n) is 3.78. The number of aromatic nitrogens is 2. The number of hydrogen-bond donors (Lipinski definition) is 1. The Balaban J connectivity index is 1.90. The van der Waals surface area contributed by atoms with Crippen LogP contribution in [-0.4, -0.2) is 35.1 Å². The van der Waals surface area contributed by atoms with Crippen molar-refractivity contribution >= 4 is 22.8 Å². The minimum atomic E-state index is -0.138. The van der Waals surface area contributed by atoms with Crippen molar-refractivity contribution in [1.82, 2.24) is 14.9 Å². The summed E-state index contributed by atoms with van der Waals surface area (Å²) in [6.07, 6.45) is 3.04. The van der Waals surface area contributed by atoms with Gasteiger partial charge in [0.15, 0.2) is 0 Å². The molecule has 1 N–H and O–H groups in total. The highest BCUT2D eigenvalue weighted by molar-refractivity contribution is 5.97. The lowest BCUT2D eigenvalue weighted by Gasteiger charge is -2.22. The molecule has 0 radical (unpaired) electrons. The first-order valence-electron chi connectivity index (χ1n) is 10.3. The van der Waals surface area contributed by atoms with Crippen molar-refractivity contribution in [3.8, 4) is 5.69 Å². The van der Waals surface area contributed by atoms with E-state index < -0.39 is 0 Å². The summed E-state index contributed by atoms with van der Waals surface area (Å²) in [7, 11) is 0. The summed E-state index contributed by atoms with van der Waals surface area (Å²) in [4.78, 5) is 32.8. The summed E-state index contributed by atoms with van der Waals surface area (Å²) in [5.41, 5.74) is 2.88. The van der Waals surface area contributed by atoms with Crippen molar-refractivity contribution in [2.75, 3.05) is 24.5 Å². The summed E-state index contributed by atoms with van der Waals surface area (Å²) in [6, 6.07) is 13.0. The predicted octanol–water partition coefficient (Wildman–Crippen LogP) is 3.43. The Labute approximate surface area is 170 Å². The van der Waals surface area contributed by atoms with Crippen molar-refractivity contribution in [3.05, 3.63) is 63.9 Å². The molecule has 2 aromatic carbocycles. The SMILES string of the molecule is CCCNC(=O)c1ccc2c(=O)n(-c3cccc(C)c3)c(N3CCCC3)nc2c1. The molecule has 1 fully saturated rings.